The van der Waals surface area contributed by atoms with E-state index in [2.05, 4.69) is 32.7 Å². The van der Waals surface area contributed by atoms with Crippen LogP contribution in [-0.4, -0.2) is 82.5 Å². The number of benzene rings is 1. The smallest absolute Gasteiger partial charge is 0.224 e. The number of carbonyl (C=O) groups excluding carboxylic acids is 1. The van der Waals surface area contributed by atoms with Crippen molar-refractivity contribution in [2.24, 2.45) is 4.99 Å². The van der Waals surface area contributed by atoms with Crippen LogP contribution in [0.2, 0.25) is 0 Å². The molecule has 10 heteroatoms. The molecule has 2 aliphatic heterocycles. The third-order valence-electron chi connectivity index (χ3n) is 5.18. The first-order valence-corrected chi connectivity index (χ1v) is 11.5. The molecule has 1 unspecified atom stereocenters. The monoisotopic (exact) mass is 535 g/mol. The van der Waals surface area contributed by atoms with E-state index < -0.39 is 9.84 Å². The Morgan fingerprint density at radius 1 is 1.17 bits per heavy atom. The highest BCUT2D eigenvalue weighted by Gasteiger charge is 2.28. The summed E-state index contributed by atoms with van der Waals surface area (Å²) in [5.41, 5.74) is 1.19. The molecule has 2 saturated heterocycles. The fraction of sp³-hybridized carbons (Fsp3) is 0.579. The minimum atomic E-state index is -2.93. The number of sulfone groups is 1. The van der Waals surface area contributed by atoms with Crippen LogP contribution in [-0.2, 0) is 14.6 Å². The lowest BCUT2D eigenvalue weighted by molar-refractivity contribution is -0.131. The molecule has 0 saturated carbocycles. The van der Waals surface area contributed by atoms with Gasteiger partial charge in [-0.15, -0.1) is 24.0 Å². The molecule has 0 aliphatic carbocycles. The maximum Gasteiger partial charge on any atom is 0.224 e. The molecule has 1 atom stereocenters. The summed E-state index contributed by atoms with van der Waals surface area (Å²) in [5.74, 6) is 1.02. The summed E-state index contributed by atoms with van der Waals surface area (Å²) < 4.78 is 23.1. The van der Waals surface area contributed by atoms with Crippen LogP contribution < -0.4 is 15.5 Å². The van der Waals surface area contributed by atoms with E-state index in [0.717, 1.165) is 26.2 Å². The number of amides is 1. The lowest BCUT2D eigenvalue weighted by Crippen LogP contribution is -2.50. The Bertz CT molecular complexity index is 795. The Labute approximate surface area is 190 Å². The van der Waals surface area contributed by atoms with Crippen molar-refractivity contribution in [3.8, 4) is 0 Å². The first kappa shape index (κ1) is 23.7. The van der Waals surface area contributed by atoms with E-state index in [9.17, 15) is 13.2 Å². The van der Waals surface area contributed by atoms with Crippen molar-refractivity contribution in [1.29, 1.82) is 0 Å². The number of guanidine groups is 1. The van der Waals surface area contributed by atoms with Gasteiger partial charge >= 0.3 is 0 Å². The van der Waals surface area contributed by atoms with Crippen LogP contribution in [0.5, 0.6) is 0 Å². The quantitative estimate of drug-likeness (QED) is 0.328. The number of halogens is 1. The third kappa shape index (κ3) is 7.02. The zero-order valence-electron chi connectivity index (χ0n) is 16.7. The lowest BCUT2D eigenvalue weighted by atomic mass is 10.2. The molecule has 2 heterocycles. The normalized spacial score (nSPS) is 21.4. The van der Waals surface area contributed by atoms with Gasteiger partial charge in [0.15, 0.2) is 15.8 Å². The largest absolute Gasteiger partial charge is 0.368 e. The van der Waals surface area contributed by atoms with E-state index in [4.69, 9.17) is 0 Å². The predicted molar refractivity (Wildman–Crippen MR) is 127 cm³/mol. The van der Waals surface area contributed by atoms with Gasteiger partial charge in [-0.25, -0.2) is 8.42 Å². The summed E-state index contributed by atoms with van der Waals surface area (Å²) in [7, 11) is -1.29. The van der Waals surface area contributed by atoms with Crippen LogP contribution in [0.4, 0.5) is 5.69 Å². The Kier molecular flexibility index (Phi) is 9.00. The fourth-order valence-corrected chi connectivity index (χ4v) is 5.27. The summed E-state index contributed by atoms with van der Waals surface area (Å²) in [5, 5.41) is 6.24. The summed E-state index contributed by atoms with van der Waals surface area (Å²) in [4.78, 5) is 20.8. The summed E-state index contributed by atoms with van der Waals surface area (Å²) in [6.07, 6.45) is 0.975. The minimum absolute atomic E-state index is 0. The van der Waals surface area contributed by atoms with Crippen LogP contribution in [0.1, 0.15) is 12.8 Å². The Balaban J connectivity index is 0.00000300. The summed E-state index contributed by atoms with van der Waals surface area (Å²) >= 11 is 0. The molecule has 2 fully saturated rings. The number of rotatable bonds is 5. The van der Waals surface area contributed by atoms with Crippen molar-refractivity contribution in [1.82, 2.24) is 15.5 Å². The highest BCUT2D eigenvalue weighted by molar-refractivity contribution is 14.0. The van der Waals surface area contributed by atoms with E-state index in [-0.39, 0.29) is 47.4 Å². The molecule has 1 amide bonds. The van der Waals surface area contributed by atoms with Crippen LogP contribution in [0.25, 0.3) is 0 Å². The van der Waals surface area contributed by atoms with Gasteiger partial charge in [0, 0.05) is 57.9 Å². The molecule has 3 rings (SSSR count). The van der Waals surface area contributed by atoms with Gasteiger partial charge in [-0.2, -0.15) is 0 Å². The average molecular weight is 535 g/mol. The van der Waals surface area contributed by atoms with Crippen LogP contribution >= 0.6 is 24.0 Å². The van der Waals surface area contributed by atoms with Crippen molar-refractivity contribution in [3.05, 3.63) is 30.3 Å². The fourth-order valence-electron chi connectivity index (χ4n) is 3.60. The van der Waals surface area contributed by atoms with Crippen molar-refractivity contribution in [2.45, 2.75) is 18.9 Å². The molecule has 8 nitrogen and oxygen atoms in total. The molecule has 1 aromatic rings. The van der Waals surface area contributed by atoms with Crippen LogP contribution in [0.3, 0.4) is 0 Å². The van der Waals surface area contributed by atoms with E-state index in [0.29, 0.717) is 25.3 Å². The SMILES string of the molecule is CN=C(NCCC(=O)N1CCN(c2ccccc2)CC1)NC1CCS(=O)(=O)C1.I. The highest BCUT2D eigenvalue weighted by Crippen LogP contribution is 2.15. The number of nitrogens with one attached hydrogen (secondary N) is 2. The Morgan fingerprint density at radius 3 is 2.45 bits per heavy atom. The zero-order valence-corrected chi connectivity index (χ0v) is 19.9. The second-order valence-corrected chi connectivity index (χ2v) is 9.43. The number of hydrogen-bond donors (Lipinski definition) is 2. The molecule has 2 aliphatic rings. The molecule has 0 bridgehead atoms. The van der Waals surface area contributed by atoms with Gasteiger partial charge in [0.25, 0.3) is 0 Å². The first-order chi connectivity index (χ1) is 13.5. The van der Waals surface area contributed by atoms with E-state index >= 15 is 0 Å². The maximum absolute atomic E-state index is 12.5. The van der Waals surface area contributed by atoms with Gasteiger partial charge in [0.05, 0.1) is 11.5 Å². The summed E-state index contributed by atoms with van der Waals surface area (Å²) in [6, 6.07) is 10.1. The second kappa shape index (κ2) is 11.0. The molecule has 0 spiro atoms. The molecule has 162 valence electrons. The predicted octanol–water partition coefficient (Wildman–Crippen LogP) is 0.695. The van der Waals surface area contributed by atoms with E-state index in [1.54, 1.807) is 7.05 Å². The number of carbonyl (C=O) groups is 1. The van der Waals surface area contributed by atoms with Crippen LogP contribution in [0.15, 0.2) is 35.3 Å². The highest BCUT2D eigenvalue weighted by atomic mass is 127. The number of para-hydroxylation sites is 1. The van der Waals surface area contributed by atoms with Crippen molar-refractivity contribution in [2.75, 3.05) is 56.2 Å². The molecule has 1 aromatic carbocycles. The third-order valence-corrected chi connectivity index (χ3v) is 6.95. The molecule has 29 heavy (non-hydrogen) atoms. The van der Waals surface area contributed by atoms with Crippen molar-refractivity contribution < 1.29 is 13.2 Å². The molecule has 0 radical (unpaired) electrons. The van der Waals surface area contributed by atoms with Gasteiger partial charge in [-0.05, 0) is 18.6 Å². The number of piperazine rings is 1. The van der Waals surface area contributed by atoms with Crippen molar-refractivity contribution >= 4 is 51.4 Å². The number of anilines is 1. The van der Waals surface area contributed by atoms with Gasteiger partial charge in [0.1, 0.15) is 0 Å². The van der Waals surface area contributed by atoms with Crippen molar-refractivity contribution in [3.63, 3.8) is 0 Å². The van der Waals surface area contributed by atoms with Gasteiger partial charge in [-0.1, -0.05) is 18.2 Å². The van der Waals surface area contributed by atoms with Gasteiger partial charge in [-0.3, -0.25) is 9.79 Å². The number of hydrogen-bond acceptors (Lipinski definition) is 5. The Morgan fingerprint density at radius 2 is 1.86 bits per heavy atom. The Hall–Kier alpha value is -1.56. The second-order valence-electron chi connectivity index (χ2n) is 7.20. The van der Waals surface area contributed by atoms with Crippen LogP contribution in [0, 0.1) is 0 Å². The zero-order chi connectivity index (χ0) is 20.0. The van der Waals surface area contributed by atoms with Gasteiger partial charge < -0.3 is 20.4 Å². The molecular weight excluding hydrogens is 505 g/mol. The minimum Gasteiger partial charge on any atom is -0.368 e. The average Bonchev–Trinajstić information content (AvgIpc) is 3.06. The molecule has 0 aromatic heterocycles. The topological polar surface area (TPSA) is 94.1 Å². The standard InChI is InChI=1S/C19H29N5O3S.HI/c1-20-19(22-16-8-14-28(26,27)15-16)21-9-7-18(25)24-12-10-23(11-13-24)17-5-3-2-4-6-17;/h2-6,16H,7-15H2,1H3,(H2,20,21,22);1H. The molecule has 2 N–H and O–H groups in total. The van der Waals surface area contributed by atoms with E-state index in [1.165, 1.54) is 5.69 Å². The first-order valence-electron chi connectivity index (χ1n) is 9.72. The van der Waals surface area contributed by atoms with Gasteiger partial charge in [0.2, 0.25) is 5.91 Å². The van der Waals surface area contributed by atoms with E-state index in [1.807, 2.05) is 23.1 Å². The summed E-state index contributed by atoms with van der Waals surface area (Å²) in [6.45, 7) is 3.59. The molecular formula is C19H30IN5O3S. The maximum atomic E-state index is 12.5. The number of aliphatic imine (C=N–C) groups is 1. The number of nitrogens with zero attached hydrogens (tertiary/aromatic N) is 3. The lowest BCUT2D eigenvalue weighted by Gasteiger charge is -2.36.